The standard InChI is InChI=1S/C20H22N4O2/c1-13-7-8-18(19-17(13)11-21-24-19)23-20(25)22-15-9-14(10-15)12-26-16-5-3-2-4-6-16/h2-8,11,14-15H,9-10,12H2,1H3,(H,21,24)(H2,22,23,25). The molecule has 1 aliphatic carbocycles. The number of benzene rings is 2. The molecule has 2 aromatic carbocycles. The van der Waals surface area contributed by atoms with Crippen molar-refractivity contribution in [2.75, 3.05) is 11.9 Å². The van der Waals surface area contributed by atoms with Gasteiger partial charge in [-0.05, 0) is 49.4 Å². The van der Waals surface area contributed by atoms with Crippen LogP contribution in [0.25, 0.3) is 10.9 Å². The van der Waals surface area contributed by atoms with Crippen LogP contribution in [0.4, 0.5) is 10.5 Å². The number of aromatic nitrogens is 2. The Bertz CT molecular complexity index is 901. The van der Waals surface area contributed by atoms with Crippen molar-refractivity contribution in [3.63, 3.8) is 0 Å². The van der Waals surface area contributed by atoms with Gasteiger partial charge in [0.2, 0.25) is 0 Å². The first-order valence-electron chi connectivity index (χ1n) is 8.87. The lowest BCUT2D eigenvalue weighted by molar-refractivity contribution is 0.144. The number of carbonyl (C=O) groups is 1. The molecule has 1 aromatic heterocycles. The van der Waals surface area contributed by atoms with E-state index < -0.39 is 0 Å². The summed E-state index contributed by atoms with van der Waals surface area (Å²) in [6.45, 7) is 2.71. The summed E-state index contributed by atoms with van der Waals surface area (Å²) in [5.41, 5.74) is 2.71. The number of ether oxygens (including phenoxy) is 1. The van der Waals surface area contributed by atoms with Gasteiger partial charge in [-0.2, -0.15) is 5.10 Å². The maximum atomic E-state index is 12.3. The largest absolute Gasteiger partial charge is 0.493 e. The van der Waals surface area contributed by atoms with Crippen LogP contribution < -0.4 is 15.4 Å². The third-order valence-corrected chi connectivity index (χ3v) is 4.88. The van der Waals surface area contributed by atoms with Gasteiger partial charge in [-0.1, -0.05) is 24.3 Å². The summed E-state index contributed by atoms with van der Waals surface area (Å²) < 4.78 is 5.77. The molecule has 0 unspecified atom stereocenters. The zero-order valence-electron chi connectivity index (χ0n) is 14.7. The highest BCUT2D eigenvalue weighted by atomic mass is 16.5. The number of aromatic amines is 1. The number of aryl methyl sites for hydroxylation is 1. The van der Waals surface area contributed by atoms with E-state index in [4.69, 9.17) is 4.74 Å². The van der Waals surface area contributed by atoms with Gasteiger partial charge in [0.1, 0.15) is 5.75 Å². The van der Waals surface area contributed by atoms with E-state index in [-0.39, 0.29) is 12.1 Å². The van der Waals surface area contributed by atoms with E-state index in [0.717, 1.165) is 40.7 Å². The number of para-hydroxylation sites is 1. The van der Waals surface area contributed by atoms with Crippen molar-refractivity contribution in [3.8, 4) is 5.75 Å². The summed E-state index contributed by atoms with van der Waals surface area (Å²) in [6.07, 6.45) is 3.65. The number of hydrogen-bond acceptors (Lipinski definition) is 3. The molecule has 1 heterocycles. The third-order valence-electron chi connectivity index (χ3n) is 4.88. The fourth-order valence-corrected chi connectivity index (χ4v) is 3.34. The summed E-state index contributed by atoms with van der Waals surface area (Å²) >= 11 is 0. The number of nitrogens with zero attached hydrogens (tertiary/aromatic N) is 1. The summed E-state index contributed by atoms with van der Waals surface area (Å²) in [4.78, 5) is 12.3. The predicted octanol–water partition coefficient (Wildman–Crippen LogP) is 3.85. The molecule has 134 valence electrons. The molecule has 0 atom stereocenters. The van der Waals surface area contributed by atoms with Crippen molar-refractivity contribution in [3.05, 3.63) is 54.2 Å². The number of amides is 2. The number of hydrogen-bond donors (Lipinski definition) is 3. The Morgan fingerprint density at radius 2 is 2.04 bits per heavy atom. The second-order valence-corrected chi connectivity index (χ2v) is 6.85. The van der Waals surface area contributed by atoms with Crippen LogP contribution in [-0.2, 0) is 0 Å². The number of rotatable bonds is 5. The van der Waals surface area contributed by atoms with E-state index in [1.165, 1.54) is 0 Å². The van der Waals surface area contributed by atoms with Gasteiger partial charge in [0.25, 0.3) is 0 Å². The Kier molecular flexibility index (Phi) is 4.48. The van der Waals surface area contributed by atoms with E-state index in [1.54, 1.807) is 6.20 Å². The van der Waals surface area contributed by atoms with Crippen LogP contribution in [0.3, 0.4) is 0 Å². The van der Waals surface area contributed by atoms with Gasteiger partial charge >= 0.3 is 6.03 Å². The van der Waals surface area contributed by atoms with E-state index in [0.29, 0.717) is 12.5 Å². The predicted molar refractivity (Wildman–Crippen MR) is 101 cm³/mol. The lowest BCUT2D eigenvalue weighted by Crippen LogP contribution is -2.47. The van der Waals surface area contributed by atoms with Crippen molar-refractivity contribution >= 4 is 22.6 Å². The molecule has 3 N–H and O–H groups in total. The minimum absolute atomic E-state index is 0.183. The fourth-order valence-electron chi connectivity index (χ4n) is 3.34. The van der Waals surface area contributed by atoms with Gasteiger partial charge in [-0.25, -0.2) is 4.79 Å². The molecule has 0 bridgehead atoms. The number of urea groups is 1. The normalized spacial score (nSPS) is 19.0. The maximum Gasteiger partial charge on any atom is 0.319 e. The molecule has 1 aliphatic rings. The molecule has 4 rings (SSSR count). The van der Waals surface area contributed by atoms with Gasteiger partial charge in [0.15, 0.2) is 0 Å². The van der Waals surface area contributed by atoms with Crippen LogP contribution in [-0.4, -0.2) is 28.9 Å². The number of nitrogens with one attached hydrogen (secondary N) is 3. The quantitative estimate of drug-likeness (QED) is 0.654. The second kappa shape index (κ2) is 7.07. The number of anilines is 1. The molecule has 3 aromatic rings. The molecule has 6 heteroatoms. The molecule has 6 nitrogen and oxygen atoms in total. The SMILES string of the molecule is Cc1ccc(NC(=O)NC2CC(COc3ccccc3)C2)c2[nH]ncc12. The highest BCUT2D eigenvalue weighted by Gasteiger charge is 2.30. The Morgan fingerprint density at radius 1 is 1.23 bits per heavy atom. The highest BCUT2D eigenvalue weighted by Crippen LogP contribution is 2.29. The average Bonchev–Trinajstić information content (AvgIpc) is 3.11. The smallest absolute Gasteiger partial charge is 0.319 e. The first-order valence-corrected chi connectivity index (χ1v) is 8.87. The molecule has 0 spiro atoms. The number of H-pyrrole nitrogens is 1. The molecule has 1 fully saturated rings. The van der Waals surface area contributed by atoms with Crippen LogP contribution in [0, 0.1) is 12.8 Å². The Balaban J connectivity index is 1.25. The zero-order chi connectivity index (χ0) is 17.9. The first-order chi connectivity index (χ1) is 12.7. The molecule has 0 radical (unpaired) electrons. The fraction of sp³-hybridized carbons (Fsp3) is 0.300. The van der Waals surface area contributed by atoms with Gasteiger partial charge in [0.05, 0.1) is 24.0 Å². The van der Waals surface area contributed by atoms with Crippen molar-refractivity contribution in [2.45, 2.75) is 25.8 Å². The van der Waals surface area contributed by atoms with Gasteiger partial charge in [0, 0.05) is 11.4 Å². The molecule has 0 aliphatic heterocycles. The lowest BCUT2D eigenvalue weighted by Gasteiger charge is -2.35. The van der Waals surface area contributed by atoms with E-state index in [2.05, 4.69) is 20.8 Å². The van der Waals surface area contributed by atoms with Crippen LogP contribution in [0.2, 0.25) is 0 Å². The van der Waals surface area contributed by atoms with Crippen molar-refractivity contribution < 1.29 is 9.53 Å². The van der Waals surface area contributed by atoms with Gasteiger partial charge < -0.3 is 15.4 Å². The van der Waals surface area contributed by atoms with E-state index >= 15 is 0 Å². The minimum Gasteiger partial charge on any atom is -0.493 e. The maximum absolute atomic E-state index is 12.3. The summed E-state index contributed by atoms with van der Waals surface area (Å²) in [7, 11) is 0. The lowest BCUT2D eigenvalue weighted by atomic mass is 9.81. The summed E-state index contributed by atoms with van der Waals surface area (Å²) in [5.74, 6) is 1.38. The number of carbonyl (C=O) groups excluding carboxylic acids is 1. The van der Waals surface area contributed by atoms with Gasteiger partial charge in [-0.15, -0.1) is 0 Å². The van der Waals surface area contributed by atoms with Crippen LogP contribution in [0.15, 0.2) is 48.7 Å². The van der Waals surface area contributed by atoms with Crippen LogP contribution in [0.1, 0.15) is 18.4 Å². The zero-order valence-corrected chi connectivity index (χ0v) is 14.7. The first kappa shape index (κ1) is 16.4. The highest BCUT2D eigenvalue weighted by molar-refractivity contribution is 6.00. The van der Waals surface area contributed by atoms with E-state index in [1.807, 2.05) is 49.4 Å². The molecule has 2 amide bonds. The van der Waals surface area contributed by atoms with E-state index in [9.17, 15) is 4.79 Å². The van der Waals surface area contributed by atoms with Crippen LogP contribution in [0.5, 0.6) is 5.75 Å². The molecule has 1 saturated carbocycles. The van der Waals surface area contributed by atoms with Crippen molar-refractivity contribution in [1.82, 2.24) is 15.5 Å². The van der Waals surface area contributed by atoms with Crippen molar-refractivity contribution in [2.24, 2.45) is 5.92 Å². The Labute approximate surface area is 151 Å². The number of fused-ring (bicyclic) bond motifs is 1. The van der Waals surface area contributed by atoms with Gasteiger partial charge in [-0.3, -0.25) is 5.10 Å². The minimum atomic E-state index is -0.183. The topological polar surface area (TPSA) is 79.0 Å². The third kappa shape index (κ3) is 3.49. The molecule has 26 heavy (non-hydrogen) atoms. The molecule has 0 saturated heterocycles. The molecular weight excluding hydrogens is 328 g/mol. The molecular formula is C20H22N4O2. The summed E-state index contributed by atoms with van der Waals surface area (Å²) in [5, 5.41) is 14.0. The summed E-state index contributed by atoms with van der Waals surface area (Å²) in [6, 6.07) is 13.7. The average molecular weight is 350 g/mol. The Morgan fingerprint density at radius 3 is 2.85 bits per heavy atom. The monoisotopic (exact) mass is 350 g/mol. The van der Waals surface area contributed by atoms with Crippen molar-refractivity contribution in [1.29, 1.82) is 0 Å². The Hall–Kier alpha value is -3.02. The van der Waals surface area contributed by atoms with Crippen LogP contribution >= 0.6 is 0 Å². The second-order valence-electron chi connectivity index (χ2n) is 6.85.